The maximum Gasteiger partial charge on any atom is 0.233 e. The van der Waals surface area contributed by atoms with Gasteiger partial charge in [-0.15, -0.1) is 0 Å². The van der Waals surface area contributed by atoms with E-state index in [9.17, 15) is 16.8 Å². The van der Waals surface area contributed by atoms with Gasteiger partial charge in [0.05, 0.1) is 10.6 Å². The number of nitrogens with one attached hydrogen (secondary N) is 2. The van der Waals surface area contributed by atoms with Crippen LogP contribution < -0.4 is 10.0 Å². The number of anilines is 1. The third-order valence-corrected chi connectivity index (χ3v) is 4.95. The monoisotopic (exact) mass is 320 g/mol. The first-order valence-corrected chi connectivity index (χ1v) is 9.80. The number of hydrogen-bond acceptors (Lipinski definition) is 5. The highest BCUT2D eigenvalue weighted by Gasteiger charge is 2.11. The minimum absolute atomic E-state index is 0.0270. The molecule has 0 aliphatic heterocycles. The Kier molecular flexibility index (Phi) is 5.97. The predicted octanol–water partition coefficient (Wildman–Crippen LogP) is 0.831. The van der Waals surface area contributed by atoms with Crippen LogP contribution >= 0.6 is 0 Å². The van der Waals surface area contributed by atoms with Crippen LogP contribution in [0.1, 0.15) is 13.3 Å². The number of sulfonamides is 1. The Balaban J connectivity index is 2.64. The molecule has 0 bridgehead atoms. The van der Waals surface area contributed by atoms with E-state index in [4.69, 9.17) is 0 Å². The molecule has 0 amide bonds. The van der Waals surface area contributed by atoms with Crippen LogP contribution in [0.25, 0.3) is 0 Å². The first kappa shape index (κ1) is 16.9. The molecule has 6 nitrogen and oxygen atoms in total. The standard InChI is InChI=1S/C12H20N2O4S2/c1-3-8-13-9-10-20(17,18)14-11-4-6-12(7-5-11)19(2,15)16/h4-7,13-14H,3,8-10H2,1-2H3. The van der Waals surface area contributed by atoms with Gasteiger partial charge in [-0.05, 0) is 37.2 Å². The van der Waals surface area contributed by atoms with Gasteiger partial charge in [0.2, 0.25) is 10.0 Å². The van der Waals surface area contributed by atoms with E-state index in [0.717, 1.165) is 19.2 Å². The Morgan fingerprint density at radius 2 is 1.60 bits per heavy atom. The van der Waals surface area contributed by atoms with Crippen molar-refractivity contribution in [1.82, 2.24) is 5.32 Å². The number of benzene rings is 1. The van der Waals surface area contributed by atoms with Crippen LogP contribution in [0.3, 0.4) is 0 Å². The van der Waals surface area contributed by atoms with E-state index in [2.05, 4.69) is 10.0 Å². The van der Waals surface area contributed by atoms with Gasteiger partial charge in [-0.3, -0.25) is 4.72 Å². The molecule has 0 spiro atoms. The van der Waals surface area contributed by atoms with Crippen LogP contribution in [0, 0.1) is 0 Å². The van der Waals surface area contributed by atoms with Gasteiger partial charge < -0.3 is 5.32 Å². The number of sulfone groups is 1. The molecule has 1 rings (SSSR count). The summed E-state index contributed by atoms with van der Waals surface area (Å²) in [4.78, 5) is 0.157. The zero-order valence-electron chi connectivity index (χ0n) is 11.6. The minimum atomic E-state index is -3.43. The maximum atomic E-state index is 11.8. The van der Waals surface area contributed by atoms with Crippen LogP contribution in [0.5, 0.6) is 0 Å². The third-order valence-electron chi connectivity index (χ3n) is 2.53. The highest BCUT2D eigenvalue weighted by atomic mass is 32.2. The van der Waals surface area contributed by atoms with Gasteiger partial charge in [-0.1, -0.05) is 6.92 Å². The quantitative estimate of drug-likeness (QED) is 0.692. The summed E-state index contributed by atoms with van der Waals surface area (Å²) < 4.78 is 48.5. The zero-order chi connectivity index (χ0) is 15.2. The largest absolute Gasteiger partial charge is 0.316 e. The van der Waals surface area contributed by atoms with E-state index < -0.39 is 19.9 Å². The van der Waals surface area contributed by atoms with Crippen molar-refractivity contribution >= 4 is 25.5 Å². The van der Waals surface area contributed by atoms with Crippen molar-refractivity contribution in [2.45, 2.75) is 18.2 Å². The van der Waals surface area contributed by atoms with Gasteiger partial charge in [0.15, 0.2) is 9.84 Å². The van der Waals surface area contributed by atoms with E-state index >= 15 is 0 Å². The lowest BCUT2D eigenvalue weighted by atomic mass is 10.3. The molecule has 1 aromatic rings. The number of rotatable bonds is 8. The van der Waals surface area contributed by atoms with Crippen LogP contribution in [-0.4, -0.2) is 41.9 Å². The van der Waals surface area contributed by atoms with Gasteiger partial charge in [0.25, 0.3) is 0 Å². The molecule has 0 saturated carbocycles. The highest BCUT2D eigenvalue weighted by molar-refractivity contribution is 7.92. The molecule has 8 heteroatoms. The van der Waals surface area contributed by atoms with Gasteiger partial charge in [0, 0.05) is 18.5 Å². The minimum Gasteiger partial charge on any atom is -0.316 e. The Bertz CT molecular complexity index is 622. The molecular formula is C12H20N2O4S2. The summed E-state index contributed by atoms with van der Waals surface area (Å²) >= 11 is 0. The van der Waals surface area contributed by atoms with Crippen molar-refractivity contribution in [2.24, 2.45) is 0 Å². The molecule has 0 atom stereocenters. The first-order valence-electron chi connectivity index (χ1n) is 6.26. The molecule has 0 aliphatic rings. The molecule has 20 heavy (non-hydrogen) atoms. The Hall–Kier alpha value is -1.12. The van der Waals surface area contributed by atoms with E-state index in [-0.39, 0.29) is 10.6 Å². The molecule has 0 radical (unpaired) electrons. The molecular weight excluding hydrogens is 300 g/mol. The molecule has 114 valence electrons. The van der Waals surface area contributed by atoms with E-state index in [0.29, 0.717) is 12.2 Å². The number of hydrogen-bond donors (Lipinski definition) is 2. The van der Waals surface area contributed by atoms with Crippen LogP contribution in [0.2, 0.25) is 0 Å². The summed E-state index contributed by atoms with van der Waals surface area (Å²) in [5.74, 6) is -0.0270. The van der Waals surface area contributed by atoms with Crippen LogP contribution in [0.15, 0.2) is 29.2 Å². The predicted molar refractivity (Wildman–Crippen MR) is 80.1 cm³/mol. The lowest BCUT2D eigenvalue weighted by Crippen LogP contribution is -2.27. The Morgan fingerprint density at radius 3 is 2.10 bits per heavy atom. The fraction of sp³-hybridized carbons (Fsp3) is 0.500. The average Bonchev–Trinajstić information content (AvgIpc) is 2.34. The van der Waals surface area contributed by atoms with Crippen molar-refractivity contribution in [3.05, 3.63) is 24.3 Å². The molecule has 0 fully saturated rings. The third kappa shape index (κ3) is 5.89. The fourth-order valence-electron chi connectivity index (χ4n) is 1.51. The summed E-state index contributed by atoms with van der Waals surface area (Å²) in [5, 5.41) is 3.01. The topological polar surface area (TPSA) is 92.3 Å². The van der Waals surface area contributed by atoms with E-state index in [1.807, 2.05) is 6.92 Å². The van der Waals surface area contributed by atoms with Gasteiger partial charge in [-0.2, -0.15) is 0 Å². The van der Waals surface area contributed by atoms with Crippen LogP contribution in [-0.2, 0) is 19.9 Å². The lowest BCUT2D eigenvalue weighted by molar-refractivity contribution is 0.595. The molecule has 0 heterocycles. The lowest BCUT2D eigenvalue weighted by Gasteiger charge is -2.09. The fourth-order valence-corrected chi connectivity index (χ4v) is 3.15. The summed E-state index contributed by atoms with van der Waals surface area (Å²) in [5.41, 5.74) is 0.355. The summed E-state index contributed by atoms with van der Waals surface area (Å²) in [6, 6.07) is 5.63. The van der Waals surface area contributed by atoms with Gasteiger partial charge in [-0.25, -0.2) is 16.8 Å². The zero-order valence-corrected chi connectivity index (χ0v) is 13.2. The summed E-state index contributed by atoms with van der Waals surface area (Å²) in [6.07, 6.45) is 2.05. The second-order valence-electron chi connectivity index (χ2n) is 4.47. The Morgan fingerprint density at radius 1 is 1.00 bits per heavy atom. The van der Waals surface area contributed by atoms with Crippen molar-refractivity contribution in [3.63, 3.8) is 0 Å². The Labute approximate surface area is 120 Å². The normalized spacial score (nSPS) is 12.3. The first-order chi connectivity index (χ1) is 9.24. The average molecular weight is 320 g/mol. The molecule has 0 aromatic heterocycles. The molecule has 1 aromatic carbocycles. The summed E-state index contributed by atoms with van der Waals surface area (Å²) in [6.45, 7) is 3.16. The van der Waals surface area contributed by atoms with E-state index in [1.165, 1.54) is 24.3 Å². The highest BCUT2D eigenvalue weighted by Crippen LogP contribution is 2.14. The molecule has 0 aliphatic carbocycles. The van der Waals surface area contributed by atoms with Crippen LogP contribution in [0.4, 0.5) is 5.69 Å². The van der Waals surface area contributed by atoms with Crippen molar-refractivity contribution in [2.75, 3.05) is 29.8 Å². The van der Waals surface area contributed by atoms with Gasteiger partial charge >= 0.3 is 0 Å². The molecule has 2 N–H and O–H groups in total. The second-order valence-corrected chi connectivity index (χ2v) is 8.33. The second kappa shape index (κ2) is 7.05. The van der Waals surface area contributed by atoms with Crippen molar-refractivity contribution in [3.8, 4) is 0 Å². The molecule has 0 unspecified atom stereocenters. The smallest absolute Gasteiger partial charge is 0.233 e. The van der Waals surface area contributed by atoms with Crippen molar-refractivity contribution < 1.29 is 16.8 Å². The van der Waals surface area contributed by atoms with Gasteiger partial charge in [0.1, 0.15) is 0 Å². The SMILES string of the molecule is CCCNCCS(=O)(=O)Nc1ccc(S(C)(=O)=O)cc1. The molecule has 0 saturated heterocycles. The summed E-state index contributed by atoms with van der Waals surface area (Å²) in [7, 11) is -6.70. The maximum absolute atomic E-state index is 11.8. The van der Waals surface area contributed by atoms with Crippen molar-refractivity contribution in [1.29, 1.82) is 0 Å². The van der Waals surface area contributed by atoms with E-state index in [1.54, 1.807) is 0 Å².